The molecule has 0 saturated heterocycles. The number of furan rings is 2. The first-order valence-electron chi connectivity index (χ1n) is 22.8. The molecule has 66 heavy (non-hydrogen) atoms. The minimum atomic E-state index is -0.0891. The van der Waals surface area contributed by atoms with E-state index in [1.807, 2.05) is 24.3 Å². The molecule has 2 aromatic heterocycles. The maximum Gasteiger partial charge on any atom is 0.252 e. The summed E-state index contributed by atoms with van der Waals surface area (Å²) in [6, 6.07) is 63.3. The number of rotatable bonds is 5. The van der Waals surface area contributed by atoms with Gasteiger partial charge in [-0.3, -0.25) is 0 Å². The van der Waals surface area contributed by atoms with Crippen LogP contribution in [0.1, 0.15) is 31.9 Å². The fourth-order valence-corrected chi connectivity index (χ4v) is 10.5. The third-order valence-electron chi connectivity index (χ3n) is 13.6. The van der Waals surface area contributed by atoms with E-state index < -0.39 is 0 Å². The lowest BCUT2D eigenvalue weighted by atomic mass is 9.33. The van der Waals surface area contributed by atoms with E-state index in [4.69, 9.17) is 18.3 Å². The summed E-state index contributed by atoms with van der Waals surface area (Å²) in [5.74, 6) is 3.18. The van der Waals surface area contributed by atoms with Gasteiger partial charge >= 0.3 is 0 Å². The second-order valence-electron chi connectivity index (χ2n) is 18.8. The molecule has 0 amide bonds. The van der Waals surface area contributed by atoms with Gasteiger partial charge in [0.05, 0.1) is 5.69 Å². The highest BCUT2D eigenvalue weighted by Gasteiger charge is 2.44. The Bertz CT molecular complexity index is 3520. The van der Waals surface area contributed by atoms with E-state index in [0.29, 0.717) is 13.2 Å². The quantitative estimate of drug-likeness (QED) is 0.161. The molecule has 3 aliphatic rings. The zero-order valence-corrected chi connectivity index (χ0v) is 37.3. The molecule has 0 saturated carbocycles. The highest BCUT2D eigenvalue weighted by atomic mass is 16.6. The van der Waals surface area contributed by atoms with E-state index >= 15 is 0 Å². The lowest BCUT2D eigenvalue weighted by Crippen LogP contribution is -2.61. The van der Waals surface area contributed by atoms with Gasteiger partial charge in [-0.25, -0.2) is 0 Å². The van der Waals surface area contributed by atoms with Crippen LogP contribution in [0.2, 0.25) is 0 Å². The van der Waals surface area contributed by atoms with Gasteiger partial charge < -0.3 is 28.1 Å². The van der Waals surface area contributed by atoms with Crippen LogP contribution >= 0.6 is 0 Å². The number of para-hydroxylation sites is 2. The predicted octanol–water partition coefficient (Wildman–Crippen LogP) is 13.6. The van der Waals surface area contributed by atoms with E-state index in [1.54, 1.807) is 0 Å². The van der Waals surface area contributed by atoms with E-state index in [9.17, 15) is 0 Å². The van der Waals surface area contributed by atoms with Crippen LogP contribution in [0.4, 0.5) is 34.1 Å². The zero-order valence-electron chi connectivity index (χ0n) is 37.3. The van der Waals surface area contributed by atoms with Crippen molar-refractivity contribution in [1.29, 1.82) is 0 Å². The summed E-state index contributed by atoms with van der Waals surface area (Å²) in [6.07, 6.45) is 0. The largest absolute Gasteiger partial charge is 0.486 e. The molecule has 0 N–H and O–H groups in total. The van der Waals surface area contributed by atoms with Crippen molar-refractivity contribution in [3.05, 3.63) is 187 Å². The van der Waals surface area contributed by atoms with Crippen LogP contribution in [0.25, 0.3) is 55.7 Å². The van der Waals surface area contributed by atoms with Crippen molar-refractivity contribution >= 4 is 79.2 Å². The minimum absolute atomic E-state index is 0.0870. The second kappa shape index (κ2) is 14.6. The smallest absolute Gasteiger partial charge is 0.252 e. The predicted molar refractivity (Wildman–Crippen MR) is 271 cm³/mol. The van der Waals surface area contributed by atoms with Gasteiger partial charge in [0.1, 0.15) is 35.9 Å². The molecule has 0 spiro atoms. The maximum absolute atomic E-state index is 6.57. The molecule has 0 radical (unpaired) electrons. The third kappa shape index (κ3) is 6.10. The fraction of sp³-hybridized carbons (Fsp3) is 0.119. The number of fused-ring (bicyclic) bond motifs is 7. The molecule has 0 atom stereocenters. The van der Waals surface area contributed by atoms with Crippen LogP contribution in [0.3, 0.4) is 0 Å². The van der Waals surface area contributed by atoms with Crippen molar-refractivity contribution in [1.82, 2.24) is 0 Å². The van der Waals surface area contributed by atoms with Crippen molar-refractivity contribution in [2.45, 2.75) is 33.1 Å². The summed E-state index contributed by atoms with van der Waals surface area (Å²) < 4.78 is 25.7. The van der Waals surface area contributed by atoms with Gasteiger partial charge in [-0.2, -0.15) is 0 Å². The van der Waals surface area contributed by atoms with Crippen LogP contribution < -0.4 is 35.7 Å². The SMILES string of the molecule is Cc1cc2c3c(c1)N(c1cc4c(cc1-c1ccccc1)OCCO4)c1ccc(C(C)(C)C)cc1B3c1ccc(-c3cc4ccccc4o3)cc1N2c1cccc(-c2cc3ccccc3o2)c1. The number of anilines is 6. The summed E-state index contributed by atoms with van der Waals surface area (Å²) in [6.45, 7) is 10.1. The van der Waals surface area contributed by atoms with Crippen molar-refractivity contribution in [2.75, 3.05) is 23.0 Å². The van der Waals surface area contributed by atoms with E-state index in [2.05, 4.69) is 189 Å². The van der Waals surface area contributed by atoms with E-state index in [1.165, 1.54) is 22.0 Å². The number of hydrogen-bond acceptors (Lipinski definition) is 6. The Hall–Kier alpha value is -7.90. The number of ether oxygens (including phenoxy) is 2. The second-order valence-corrected chi connectivity index (χ2v) is 18.8. The van der Waals surface area contributed by atoms with Gasteiger partial charge in [-0.1, -0.05) is 124 Å². The summed E-state index contributed by atoms with van der Waals surface area (Å²) in [7, 11) is 0. The van der Waals surface area contributed by atoms with Gasteiger partial charge in [0, 0.05) is 62.0 Å². The summed E-state index contributed by atoms with van der Waals surface area (Å²) in [5, 5.41) is 2.16. The standard InChI is InChI=1S/C59H45BN2O4/c1-36-27-50-58-51(28-36)62(48-35-57-56(63-25-26-64-57)34-44(48)37-13-6-5-7-14-37)47-24-22-42(59(2,3)4)33-46(47)60(58)45-23-21-41(55-32-40-16-9-11-20-53(40)66-55)30-49(45)61(50)43-18-12-17-38(29-43)54-31-39-15-8-10-19-52(39)65-54/h5-24,27-35H,25-26H2,1-4H3. The molecule has 0 bridgehead atoms. The number of aryl methyl sites for hydroxylation is 1. The molecule has 0 fully saturated rings. The molecule has 318 valence electrons. The maximum atomic E-state index is 6.57. The van der Waals surface area contributed by atoms with Crippen LogP contribution in [0.5, 0.6) is 11.5 Å². The Balaban J connectivity index is 1.10. The summed E-state index contributed by atoms with van der Waals surface area (Å²) in [5.41, 5.74) is 18.6. The lowest BCUT2D eigenvalue weighted by Gasteiger charge is -2.45. The number of hydrogen-bond donors (Lipinski definition) is 0. The Morgan fingerprint density at radius 2 is 1.11 bits per heavy atom. The molecule has 6 nitrogen and oxygen atoms in total. The van der Waals surface area contributed by atoms with Gasteiger partial charge in [0.25, 0.3) is 6.71 Å². The molecule has 10 aromatic rings. The van der Waals surface area contributed by atoms with Crippen LogP contribution in [-0.2, 0) is 5.41 Å². The van der Waals surface area contributed by atoms with Gasteiger partial charge in [-0.15, -0.1) is 0 Å². The normalized spacial score (nSPS) is 13.8. The Kier molecular flexibility index (Phi) is 8.51. The van der Waals surface area contributed by atoms with Crippen molar-refractivity contribution in [3.8, 4) is 45.3 Å². The molecule has 0 unspecified atom stereocenters. The highest BCUT2D eigenvalue weighted by Crippen LogP contribution is 2.51. The van der Waals surface area contributed by atoms with Crippen molar-refractivity contribution < 1.29 is 18.3 Å². The fourth-order valence-electron chi connectivity index (χ4n) is 10.5. The first kappa shape index (κ1) is 38.6. The monoisotopic (exact) mass is 856 g/mol. The van der Waals surface area contributed by atoms with Crippen LogP contribution in [0, 0.1) is 6.92 Å². The van der Waals surface area contributed by atoms with Gasteiger partial charge in [0.2, 0.25) is 0 Å². The topological polar surface area (TPSA) is 51.2 Å². The summed E-state index contributed by atoms with van der Waals surface area (Å²) >= 11 is 0. The molecule has 3 aliphatic heterocycles. The Labute approximate surface area is 384 Å². The Morgan fingerprint density at radius 1 is 0.470 bits per heavy atom. The molecule has 8 aromatic carbocycles. The average Bonchev–Trinajstić information content (AvgIpc) is 3.99. The van der Waals surface area contributed by atoms with E-state index in [-0.39, 0.29) is 12.1 Å². The minimum Gasteiger partial charge on any atom is -0.486 e. The highest BCUT2D eigenvalue weighted by molar-refractivity contribution is 7.00. The lowest BCUT2D eigenvalue weighted by molar-refractivity contribution is 0.172. The number of nitrogens with zero attached hydrogens (tertiary/aromatic N) is 2. The molecule has 0 aliphatic carbocycles. The van der Waals surface area contributed by atoms with Gasteiger partial charge in [-0.05, 0) is 112 Å². The molecular weight excluding hydrogens is 811 g/mol. The van der Waals surface area contributed by atoms with E-state index in [0.717, 1.165) is 107 Å². The zero-order chi connectivity index (χ0) is 44.3. The van der Waals surface area contributed by atoms with Gasteiger partial charge in [0.15, 0.2) is 11.5 Å². The first-order valence-corrected chi connectivity index (χ1v) is 22.8. The molecule has 5 heterocycles. The van der Waals surface area contributed by atoms with Crippen LogP contribution in [-0.4, -0.2) is 19.9 Å². The van der Waals surface area contributed by atoms with Crippen LogP contribution in [0.15, 0.2) is 185 Å². The van der Waals surface area contributed by atoms with Crippen molar-refractivity contribution in [2.24, 2.45) is 0 Å². The molecule has 13 rings (SSSR count). The number of benzene rings is 8. The average molecular weight is 857 g/mol. The summed E-state index contributed by atoms with van der Waals surface area (Å²) in [4.78, 5) is 4.95. The first-order chi connectivity index (χ1) is 32.2. The molecular formula is C59H45BN2O4. The molecule has 7 heteroatoms. The third-order valence-corrected chi connectivity index (χ3v) is 13.6. The van der Waals surface area contributed by atoms with Crippen molar-refractivity contribution in [3.63, 3.8) is 0 Å². The Morgan fingerprint density at radius 3 is 1.80 bits per heavy atom.